The summed E-state index contributed by atoms with van der Waals surface area (Å²) < 4.78 is 0. The summed E-state index contributed by atoms with van der Waals surface area (Å²) in [5.74, 6) is 0.207. The first-order valence-electron chi connectivity index (χ1n) is 7.82. The monoisotopic (exact) mass is 359 g/mol. The minimum Gasteiger partial charge on any atom is -0.353 e. The fourth-order valence-corrected chi connectivity index (χ4v) is 3.08. The number of thioether (sulfide) groups is 1. The van der Waals surface area contributed by atoms with E-state index in [-0.39, 0.29) is 23.4 Å². The highest BCUT2D eigenvalue weighted by Gasteiger charge is 2.15. The molecule has 0 aromatic heterocycles. The molecule has 0 radical (unpaired) electrons. The number of hydrogen-bond acceptors (Lipinski definition) is 5. The number of nitro benzene ring substituents is 1. The third-order valence-corrected chi connectivity index (χ3v) is 4.73. The molecule has 2 rings (SSSR count). The second-order valence-electron chi connectivity index (χ2n) is 5.73. The van der Waals surface area contributed by atoms with Crippen LogP contribution in [-0.2, 0) is 4.79 Å². The molecule has 0 unspecified atom stereocenters. The molecule has 0 fully saturated rings. The van der Waals surface area contributed by atoms with Gasteiger partial charge >= 0.3 is 0 Å². The van der Waals surface area contributed by atoms with Crippen LogP contribution in [0.1, 0.15) is 11.6 Å². The highest BCUT2D eigenvalue weighted by Crippen LogP contribution is 2.21. The van der Waals surface area contributed by atoms with Gasteiger partial charge in [-0.1, -0.05) is 30.3 Å². The van der Waals surface area contributed by atoms with E-state index < -0.39 is 4.92 Å². The van der Waals surface area contributed by atoms with Crippen molar-refractivity contribution in [3.05, 3.63) is 70.3 Å². The van der Waals surface area contributed by atoms with Crippen molar-refractivity contribution in [1.29, 1.82) is 0 Å². The first kappa shape index (κ1) is 19.0. The van der Waals surface area contributed by atoms with Gasteiger partial charge in [0.1, 0.15) is 0 Å². The van der Waals surface area contributed by atoms with Gasteiger partial charge in [-0.25, -0.2) is 0 Å². The summed E-state index contributed by atoms with van der Waals surface area (Å²) in [5.41, 5.74) is 1.20. The topological polar surface area (TPSA) is 75.5 Å². The molecule has 1 atom stereocenters. The minimum atomic E-state index is -0.438. The molecule has 0 aliphatic rings. The van der Waals surface area contributed by atoms with E-state index in [0.29, 0.717) is 6.54 Å². The van der Waals surface area contributed by atoms with Gasteiger partial charge in [-0.2, -0.15) is 0 Å². The zero-order chi connectivity index (χ0) is 18.2. The predicted molar refractivity (Wildman–Crippen MR) is 99.7 cm³/mol. The van der Waals surface area contributed by atoms with Gasteiger partial charge in [0.05, 0.1) is 16.7 Å². The van der Waals surface area contributed by atoms with Gasteiger partial charge in [0.15, 0.2) is 0 Å². The van der Waals surface area contributed by atoms with Crippen LogP contribution in [0.15, 0.2) is 59.5 Å². The first-order chi connectivity index (χ1) is 12.0. The van der Waals surface area contributed by atoms with Gasteiger partial charge in [0.2, 0.25) is 5.91 Å². The van der Waals surface area contributed by atoms with Crippen molar-refractivity contribution in [2.24, 2.45) is 0 Å². The number of carbonyl (C=O) groups is 1. The Morgan fingerprint density at radius 1 is 1.16 bits per heavy atom. The molecule has 1 amide bonds. The quantitative estimate of drug-likeness (QED) is 0.445. The highest BCUT2D eigenvalue weighted by atomic mass is 32.2. The summed E-state index contributed by atoms with van der Waals surface area (Å²) in [6, 6.07) is 16.3. The lowest BCUT2D eigenvalue weighted by Crippen LogP contribution is -2.35. The molecule has 25 heavy (non-hydrogen) atoms. The smallest absolute Gasteiger partial charge is 0.269 e. The standard InChI is InChI=1S/C18H21N3O3S/c1-20(2)17(14-6-4-3-5-7-14)12-19-18(22)13-25-16-10-8-15(9-11-16)21(23)24/h3-11,17H,12-13H2,1-2H3,(H,19,22)/t17-/m1/s1. The second-order valence-corrected chi connectivity index (χ2v) is 6.78. The number of amides is 1. The number of non-ortho nitro benzene ring substituents is 1. The van der Waals surface area contributed by atoms with Gasteiger partial charge in [0, 0.05) is 23.6 Å². The molecule has 0 saturated heterocycles. The molecule has 2 aromatic rings. The summed E-state index contributed by atoms with van der Waals surface area (Å²) in [5, 5.41) is 13.6. The number of nitro groups is 1. The van der Waals surface area contributed by atoms with Crippen molar-refractivity contribution in [1.82, 2.24) is 10.2 Å². The number of carbonyl (C=O) groups excluding carboxylic acids is 1. The molecular formula is C18H21N3O3S. The van der Waals surface area contributed by atoms with E-state index >= 15 is 0 Å². The largest absolute Gasteiger partial charge is 0.353 e. The van der Waals surface area contributed by atoms with Gasteiger partial charge in [0.25, 0.3) is 5.69 Å². The van der Waals surface area contributed by atoms with E-state index in [4.69, 9.17) is 0 Å². The van der Waals surface area contributed by atoms with E-state index in [1.807, 2.05) is 44.4 Å². The molecule has 0 heterocycles. The summed E-state index contributed by atoms with van der Waals surface area (Å²) in [7, 11) is 3.96. The van der Waals surface area contributed by atoms with Crippen LogP contribution < -0.4 is 5.32 Å². The number of hydrogen-bond donors (Lipinski definition) is 1. The third-order valence-electron chi connectivity index (χ3n) is 3.72. The summed E-state index contributed by atoms with van der Waals surface area (Å²) in [6.07, 6.45) is 0. The van der Waals surface area contributed by atoms with Crippen LogP contribution >= 0.6 is 11.8 Å². The van der Waals surface area contributed by atoms with Crippen molar-refractivity contribution in [3.63, 3.8) is 0 Å². The summed E-state index contributed by atoms with van der Waals surface area (Å²) in [6.45, 7) is 0.524. The van der Waals surface area contributed by atoms with Crippen LogP contribution in [0.4, 0.5) is 5.69 Å². The molecule has 0 aliphatic carbocycles. The Hall–Kier alpha value is -2.38. The normalized spacial score (nSPS) is 12.0. The second kappa shape index (κ2) is 9.19. The predicted octanol–water partition coefficient (Wildman–Crippen LogP) is 3.11. The maximum atomic E-state index is 12.1. The van der Waals surface area contributed by atoms with Crippen LogP contribution in [0.5, 0.6) is 0 Å². The molecule has 0 aliphatic heterocycles. The molecule has 7 heteroatoms. The lowest BCUT2D eigenvalue weighted by atomic mass is 10.1. The average Bonchev–Trinajstić information content (AvgIpc) is 2.61. The molecule has 0 saturated carbocycles. The van der Waals surface area contributed by atoms with Gasteiger partial charge in [-0.15, -0.1) is 11.8 Å². The van der Waals surface area contributed by atoms with Crippen molar-refractivity contribution < 1.29 is 9.72 Å². The number of likely N-dealkylation sites (N-methyl/N-ethyl adjacent to an activating group) is 1. The van der Waals surface area contributed by atoms with E-state index in [1.54, 1.807) is 12.1 Å². The molecule has 1 N–H and O–H groups in total. The zero-order valence-electron chi connectivity index (χ0n) is 14.2. The first-order valence-corrected chi connectivity index (χ1v) is 8.81. The minimum absolute atomic E-state index is 0.0467. The zero-order valence-corrected chi connectivity index (χ0v) is 15.0. The Morgan fingerprint density at radius 3 is 2.36 bits per heavy atom. The van der Waals surface area contributed by atoms with Crippen molar-refractivity contribution in [3.8, 4) is 0 Å². The average molecular weight is 359 g/mol. The summed E-state index contributed by atoms with van der Waals surface area (Å²) >= 11 is 1.36. The van der Waals surface area contributed by atoms with Crippen molar-refractivity contribution in [2.45, 2.75) is 10.9 Å². The van der Waals surface area contributed by atoms with E-state index in [1.165, 1.54) is 23.9 Å². The van der Waals surface area contributed by atoms with E-state index in [2.05, 4.69) is 10.2 Å². The number of nitrogens with zero attached hydrogens (tertiary/aromatic N) is 2. The summed E-state index contributed by atoms with van der Waals surface area (Å²) in [4.78, 5) is 25.2. The van der Waals surface area contributed by atoms with E-state index in [9.17, 15) is 14.9 Å². The Balaban J connectivity index is 1.84. The number of nitrogens with one attached hydrogen (secondary N) is 1. The molecule has 6 nitrogen and oxygen atoms in total. The van der Waals surface area contributed by atoms with Crippen LogP contribution in [0, 0.1) is 10.1 Å². The Kier molecular flexibility index (Phi) is 6.97. The molecule has 0 bridgehead atoms. The highest BCUT2D eigenvalue weighted by molar-refractivity contribution is 8.00. The fraction of sp³-hybridized carbons (Fsp3) is 0.278. The number of benzene rings is 2. The Morgan fingerprint density at radius 2 is 1.80 bits per heavy atom. The Labute approximate surface area is 151 Å². The van der Waals surface area contributed by atoms with Gasteiger partial charge in [-0.05, 0) is 31.8 Å². The lowest BCUT2D eigenvalue weighted by molar-refractivity contribution is -0.384. The fourth-order valence-electron chi connectivity index (χ4n) is 2.35. The van der Waals surface area contributed by atoms with Gasteiger partial charge in [-0.3, -0.25) is 14.9 Å². The van der Waals surface area contributed by atoms with Crippen LogP contribution in [0.2, 0.25) is 0 Å². The molecular weight excluding hydrogens is 338 g/mol. The Bertz CT molecular complexity index is 705. The van der Waals surface area contributed by atoms with Crippen LogP contribution in [0.3, 0.4) is 0 Å². The van der Waals surface area contributed by atoms with Crippen molar-refractivity contribution in [2.75, 3.05) is 26.4 Å². The number of rotatable bonds is 8. The lowest BCUT2D eigenvalue weighted by Gasteiger charge is -2.25. The van der Waals surface area contributed by atoms with Gasteiger partial charge < -0.3 is 10.2 Å². The van der Waals surface area contributed by atoms with E-state index in [0.717, 1.165) is 10.5 Å². The maximum absolute atomic E-state index is 12.1. The van der Waals surface area contributed by atoms with Crippen LogP contribution in [-0.4, -0.2) is 42.1 Å². The maximum Gasteiger partial charge on any atom is 0.269 e. The third kappa shape index (κ3) is 5.88. The molecule has 0 spiro atoms. The molecule has 2 aromatic carbocycles. The SMILES string of the molecule is CN(C)[C@H](CNC(=O)CSc1ccc([N+](=O)[O-])cc1)c1ccccc1. The van der Waals surface area contributed by atoms with Crippen molar-refractivity contribution >= 4 is 23.4 Å². The molecule has 132 valence electrons. The van der Waals surface area contributed by atoms with Crippen LogP contribution in [0.25, 0.3) is 0 Å².